The lowest BCUT2D eigenvalue weighted by molar-refractivity contribution is 0.134. The van der Waals surface area contributed by atoms with Crippen LogP contribution < -0.4 is 5.73 Å². The zero-order valence-electron chi connectivity index (χ0n) is 14.3. The first kappa shape index (κ1) is 17.9. The Morgan fingerprint density at radius 1 is 1.05 bits per heavy atom. The molecule has 0 aliphatic heterocycles. The number of nitrogens with zero attached hydrogens (tertiary/aromatic N) is 2. The van der Waals surface area contributed by atoms with Gasteiger partial charge in [0.05, 0.1) is 0 Å². The molecule has 0 bridgehead atoms. The van der Waals surface area contributed by atoms with Gasteiger partial charge in [-0.2, -0.15) is 0 Å². The lowest BCUT2D eigenvalue weighted by atomic mass is 9.84. The maximum absolute atomic E-state index is 6.12. The van der Waals surface area contributed by atoms with Gasteiger partial charge in [-0.3, -0.25) is 4.90 Å². The molecule has 0 aromatic rings. The van der Waals surface area contributed by atoms with Crippen molar-refractivity contribution in [3.63, 3.8) is 0 Å². The van der Waals surface area contributed by atoms with Crippen LogP contribution in [0.15, 0.2) is 0 Å². The summed E-state index contributed by atoms with van der Waals surface area (Å²) in [4.78, 5) is 4.93. The molecular weight excluding hydrogens is 246 g/mol. The molecule has 3 heteroatoms. The van der Waals surface area contributed by atoms with Crippen LogP contribution >= 0.6 is 0 Å². The maximum atomic E-state index is 6.12. The van der Waals surface area contributed by atoms with Crippen LogP contribution in [0.1, 0.15) is 52.4 Å². The van der Waals surface area contributed by atoms with Crippen LogP contribution in [0.25, 0.3) is 0 Å². The third-order valence-electron chi connectivity index (χ3n) is 4.55. The van der Waals surface area contributed by atoms with Gasteiger partial charge in [-0.05, 0) is 32.4 Å². The molecule has 2 N–H and O–H groups in total. The van der Waals surface area contributed by atoms with Crippen LogP contribution in [0, 0.1) is 11.8 Å². The molecule has 0 heterocycles. The summed E-state index contributed by atoms with van der Waals surface area (Å²) in [6, 6.07) is 0.584. The van der Waals surface area contributed by atoms with E-state index in [-0.39, 0.29) is 0 Å². The maximum Gasteiger partial charge on any atom is 0.0221 e. The van der Waals surface area contributed by atoms with Crippen molar-refractivity contribution in [2.24, 2.45) is 17.6 Å². The van der Waals surface area contributed by atoms with E-state index in [9.17, 15) is 0 Å². The number of rotatable bonds is 9. The van der Waals surface area contributed by atoms with Crippen molar-refractivity contribution in [1.29, 1.82) is 0 Å². The average molecular weight is 284 g/mol. The van der Waals surface area contributed by atoms with Crippen LogP contribution in [-0.4, -0.2) is 56.1 Å². The molecule has 1 aliphatic carbocycles. The highest BCUT2D eigenvalue weighted by Crippen LogP contribution is 2.28. The second kappa shape index (κ2) is 9.75. The fourth-order valence-electron chi connectivity index (χ4n) is 3.42. The normalized spacial score (nSPS) is 19.2. The van der Waals surface area contributed by atoms with Crippen molar-refractivity contribution < 1.29 is 0 Å². The monoisotopic (exact) mass is 283 g/mol. The summed E-state index contributed by atoms with van der Waals surface area (Å²) < 4.78 is 0. The standard InChI is InChI=1S/C17H37N3/c1-15(2)14-20(11-10-19(3)4)17(13-18)12-16-8-6-5-7-9-16/h15-17H,5-14,18H2,1-4H3. The van der Waals surface area contributed by atoms with E-state index in [1.807, 2.05) is 0 Å². The topological polar surface area (TPSA) is 32.5 Å². The van der Waals surface area contributed by atoms with Crippen LogP contribution in [0.2, 0.25) is 0 Å². The van der Waals surface area contributed by atoms with E-state index in [2.05, 4.69) is 37.7 Å². The summed E-state index contributed by atoms with van der Waals surface area (Å²) in [5.41, 5.74) is 6.12. The first-order chi connectivity index (χ1) is 9.52. The quantitative estimate of drug-likeness (QED) is 0.706. The van der Waals surface area contributed by atoms with E-state index < -0.39 is 0 Å². The minimum Gasteiger partial charge on any atom is -0.329 e. The van der Waals surface area contributed by atoms with E-state index in [4.69, 9.17) is 5.73 Å². The number of hydrogen-bond acceptors (Lipinski definition) is 3. The Labute approximate surface area is 126 Å². The SMILES string of the molecule is CC(C)CN(CCN(C)C)C(CN)CC1CCCCC1. The van der Waals surface area contributed by atoms with Gasteiger partial charge in [-0.15, -0.1) is 0 Å². The van der Waals surface area contributed by atoms with Gasteiger partial charge in [0, 0.05) is 32.2 Å². The van der Waals surface area contributed by atoms with Crippen LogP contribution in [0.4, 0.5) is 0 Å². The predicted molar refractivity (Wildman–Crippen MR) is 89.0 cm³/mol. The van der Waals surface area contributed by atoms with Gasteiger partial charge in [0.15, 0.2) is 0 Å². The summed E-state index contributed by atoms with van der Waals surface area (Å²) >= 11 is 0. The van der Waals surface area contributed by atoms with E-state index >= 15 is 0 Å². The predicted octanol–water partition coefficient (Wildman–Crippen LogP) is 2.80. The summed E-state index contributed by atoms with van der Waals surface area (Å²) in [5, 5.41) is 0. The number of nitrogens with two attached hydrogens (primary N) is 1. The fraction of sp³-hybridized carbons (Fsp3) is 1.00. The molecule has 0 saturated heterocycles. The average Bonchev–Trinajstić information content (AvgIpc) is 2.41. The first-order valence-corrected chi connectivity index (χ1v) is 8.61. The van der Waals surface area contributed by atoms with E-state index in [1.54, 1.807) is 0 Å². The summed E-state index contributed by atoms with van der Waals surface area (Å²) in [6.45, 7) is 8.92. The van der Waals surface area contributed by atoms with Gasteiger partial charge in [0.1, 0.15) is 0 Å². The zero-order valence-corrected chi connectivity index (χ0v) is 14.3. The lowest BCUT2D eigenvalue weighted by Gasteiger charge is -2.36. The molecule has 0 spiro atoms. The molecule has 1 saturated carbocycles. The third kappa shape index (κ3) is 7.05. The van der Waals surface area contributed by atoms with Gasteiger partial charge in [0.25, 0.3) is 0 Å². The van der Waals surface area contributed by atoms with Gasteiger partial charge < -0.3 is 10.6 Å². The highest BCUT2D eigenvalue weighted by Gasteiger charge is 2.23. The molecule has 3 nitrogen and oxygen atoms in total. The Morgan fingerprint density at radius 2 is 1.70 bits per heavy atom. The van der Waals surface area contributed by atoms with Crippen molar-refractivity contribution in [2.45, 2.75) is 58.4 Å². The molecule has 0 amide bonds. The molecule has 1 unspecified atom stereocenters. The lowest BCUT2D eigenvalue weighted by Crippen LogP contribution is -2.46. The van der Waals surface area contributed by atoms with Crippen molar-refractivity contribution in [1.82, 2.24) is 9.80 Å². The van der Waals surface area contributed by atoms with Crippen LogP contribution in [0.3, 0.4) is 0 Å². The number of likely N-dealkylation sites (N-methyl/N-ethyl adjacent to an activating group) is 1. The summed E-state index contributed by atoms with van der Waals surface area (Å²) in [5.74, 6) is 1.64. The Morgan fingerprint density at radius 3 is 2.20 bits per heavy atom. The minimum absolute atomic E-state index is 0.584. The summed E-state index contributed by atoms with van der Waals surface area (Å²) in [7, 11) is 4.32. The van der Waals surface area contributed by atoms with Crippen molar-refractivity contribution in [3.8, 4) is 0 Å². The molecule has 1 rings (SSSR count). The van der Waals surface area contributed by atoms with Gasteiger partial charge in [0.2, 0.25) is 0 Å². The smallest absolute Gasteiger partial charge is 0.0221 e. The molecule has 1 atom stereocenters. The van der Waals surface area contributed by atoms with Gasteiger partial charge in [-0.25, -0.2) is 0 Å². The van der Waals surface area contributed by atoms with Crippen LogP contribution in [0.5, 0.6) is 0 Å². The Hall–Kier alpha value is -0.120. The van der Waals surface area contributed by atoms with Crippen LogP contribution in [-0.2, 0) is 0 Å². The molecule has 0 aromatic heterocycles. The zero-order chi connectivity index (χ0) is 15.0. The van der Waals surface area contributed by atoms with Gasteiger partial charge >= 0.3 is 0 Å². The molecule has 1 aliphatic rings. The highest BCUT2D eigenvalue weighted by molar-refractivity contribution is 4.79. The largest absolute Gasteiger partial charge is 0.329 e. The second-order valence-electron chi connectivity index (χ2n) is 7.32. The highest BCUT2D eigenvalue weighted by atomic mass is 15.2. The molecule has 0 aromatic carbocycles. The molecule has 120 valence electrons. The fourth-order valence-corrected chi connectivity index (χ4v) is 3.42. The molecule has 1 fully saturated rings. The molecule has 0 radical (unpaired) electrons. The minimum atomic E-state index is 0.584. The van der Waals surface area contributed by atoms with Crippen molar-refractivity contribution >= 4 is 0 Å². The van der Waals surface area contributed by atoms with Crippen molar-refractivity contribution in [3.05, 3.63) is 0 Å². The van der Waals surface area contributed by atoms with Gasteiger partial charge in [-0.1, -0.05) is 46.0 Å². The second-order valence-corrected chi connectivity index (χ2v) is 7.32. The van der Waals surface area contributed by atoms with E-state index in [0.717, 1.165) is 31.5 Å². The third-order valence-corrected chi connectivity index (χ3v) is 4.55. The van der Waals surface area contributed by atoms with E-state index in [1.165, 1.54) is 45.1 Å². The summed E-state index contributed by atoms with van der Waals surface area (Å²) in [6.07, 6.45) is 8.49. The number of hydrogen-bond donors (Lipinski definition) is 1. The first-order valence-electron chi connectivity index (χ1n) is 8.61. The molecule has 20 heavy (non-hydrogen) atoms. The molecular formula is C17H37N3. The Kier molecular flexibility index (Phi) is 8.74. The van der Waals surface area contributed by atoms with E-state index in [0.29, 0.717) is 6.04 Å². The Bertz CT molecular complexity index is 234. The Balaban J connectivity index is 2.52. The van der Waals surface area contributed by atoms with Crippen molar-refractivity contribution in [2.75, 3.05) is 40.3 Å².